The number of amides is 1. The smallest absolute Gasteiger partial charge is 0.261 e. The van der Waals surface area contributed by atoms with Gasteiger partial charge in [0.25, 0.3) is 5.91 Å². The fourth-order valence-electron chi connectivity index (χ4n) is 1.41. The van der Waals surface area contributed by atoms with Crippen LogP contribution in [0.2, 0.25) is 0 Å². The highest BCUT2D eigenvalue weighted by Gasteiger charge is 2.12. The van der Waals surface area contributed by atoms with Crippen LogP contribution < -0.4 is 5.32 Å². The zero-order valence-electron chi connectivity index (χ0n) is 9.87. The molecule has 1 rings (SSSR count). The second-order valence-corrected chi connectivity index (χ2v) is 5.00. The highest BCUT2D eigenvalue weighted by molar-refractivity contribution is 7.14. The molecule has 0 radical (unpaired) electrons. The first-order chi connectivity index (χ1) is 8.04. The molecule has 4 nitrogen and oxygen atoms in total. The molecule has 0 aliphatic heterocycles. The minimum absolute atomic E-state index is 0.00307. The predicted molar refractivity (Wildman–Crippen MR) is 66.0 cm³/mol. The van der Waals surface area contributed by atoms with Crippen molar-refractivity contribution in [2.24, 2.45) is 0 Å². The van der Waals surface area contributed by atoms with Crippen LogP contribution in [-0.4, -0.2) is 18.2 Å². The molecule has 1 amide bonds. The minimum Gasteiger partial charge on any atom is -0.344 e. The molecule has 1 aromatic rings. The lowest BCUT2D eigenvalue weighted by molar-refractivity contribution is -0.118. The van der Waals surface area contributed by atoms with Gasteiger partial charge in [-0.2, -0.15) is 5.26 Å². The molecule has 90 valence electrons. The van der Waals surface area contributed by atoms with E-state index in [4.69, 9.17) is 5.26 Å². The van der Waals surface area contributed by atoms with Crippen LogP contribution in [0.25, 0.3) is 0 Å². The Kier molecular flexibility index (Phi) is 4.85. The van der Waals surface area contributed by atoms with E-state index in [9.17, 15) is 9.59 Å². The van der Waals surface area contributed by atoms with Crippen LogP contribution in [0.4, 0.5) is 0 Å². The summed E-state index contributed by atoms with van der Waals surface area (Å²) in [7, 11) is 0. The average Bonchev–Trinajstić information content (AvgIpc) is 2.62. The molecule has 0 spiro atoms. The molecule has 17 heavy (non-hydrogen) atoms. The maximum atomic E-state index is 11.7. The summed E-state index contributed by atoms with van der Waals surface area (Å²) in [5, 5.41) is 10.9. The summed E-state index contributed by atoms with van der Waals surface area (Å²) in [6, 6.07) is 3.84. The Morgan fingerprint density at radius 2 is 2.18 bits per heavy atom. The van der Waals surface area contributed by atoms with Gasteiger partial charge in [0.15, 0.2) is 5.78 Å². The topological polar surface area (TPSA) is 70.0 Å². The Bertz CT molecular complexity index is 471. The lowest BCUT2D eigenvalue weighted by atomic mass is 10.2. The van der Waals surface area contributed by atoms with E-state index in [-0.39, 0.29) is 31.1 Å². The SMILES string of the molecule is Cc1cc(C)c(C(=O)NCC(=O)CCC#N)s1. The van der Waals surface area contributed by atoms with Gasteiger partial charge in [-0.15, -0.1) is 11.3 Å². The van der Waals surface area contributed by atoms with Crippen LogP contribution in [0.3, 0.4) is 0 Å². The Labute approximate surface area is 104 Å². The number of nitriles is 1. The van der Waals surface area contributed by atoms with Gasteiger partial charge in [0.1, 0.15) is 0 Å². The summed E-state index contributed by atoms with van der Waals surface area (Å²) in [5.74, 6) is -0.336. The van der Waals surface area contributed by atoms with Gasteiger partial charge in [0, 0.05) is 17.7 Å². The fraction of sp³-hybridized carbons (Fsp3) is 0.417. The van der Waals surface area contributed by atoms with Gasteiger partial charge < -0.3 is 5.32 Å². The van der Waals surface area contributed by atoms with Crippen molar-refractivity contribution in [2.45, 2.75) is 26.7 Å². The van der Waals surface area contributed by atoms with E-state index < -0.39 is 0 Å². The third-order valence-electron chi connectivity index (χ3n) is 2.21. The van der Waals surface area contributed by atoms with Crippen molar-refractivity contribution in [1.82, 2.24) is 5.32 Å². The van der Waals surface area contributed by atoms with Gasteiger partial charge >= 0.3 is 0 Å². The maximum Gasteiger partial charge on any atom is 0.261 e. The Hall–Kier alpha value is -1.67. The number of hydrogen-bond acceptors (Lipinski definition) is 4. The van der Waals surface area contributed by atoms with E-state index in [1.807, 2.05) is 26.0 Å². The molecule has 0 aliphatic rings. The minimum atomic E-state index is -0.217. The molecule has 0 saturated heterocycles. The fourth-order valence-corrected chi connectivity index (χ4v) is 2.35. The number of carbonyl (C=O) groups excluding carboxylic acids is 2. The Morgan fingerprint density at radius 1 is 1.47 bits per heavy atom. The van der Waals surface area contributed by atoms with E-state index in [1.165, 1.54) is 11.3 Å². The van der Waals surface area contributed by atoms with Crippen molar-refractivity contribution < 1.29 is 9.59 Å². The van der Waals surface area contributed by atoms with Gasteiger partial charge in [-0.25, -0.2) is 0 Å². The average molecular weight is 250 g/mol. The lowest BCUT2D eigenvalue weighted by Gasteiger charge is -2.02. The number of carbonyl (C=O) groups is 2. The number of ketones is 1. The number of nitrogens with zero attached hydrogens (tertiary/aromatic N) is 1. The number of Topliss-reactive ketones (excluding diaryl/α,β-unsaturated/α-hetero) is 1. The highest BCUT2D eigenvalue weighted by atomic mass is 32.1. The standard InChI is InChI=1S/C12H14N2O2S/c1-8-6-9(2)17-11(8)12(16)14-7-10(15)4-3-5-13/h6H,3-4,7H2,1-2H3,(H,14,16). The first-order valence-electron chi connectivity index (χ1n) is 5.28. The molecule has 0 bridgehead atoms. The van der Waals surface area contributed by atoms with Crippen molar-refractivity contribution in [1.29, 1.82) is 5.26 Å². The Morgan fingerprint density at radius 3 is 2.71 bits per heavy atom. The summed E-state index contributed by atoms with van der Waals surface area (Å²) in [6.45, 7) is 3.80. The van der Waals surface area contributed by atoms with Crippen LogP contribution in [0.1, 0.15) is 33.0 Å². The molecular weight excluding hydrogens is 236 g/mol. The molecule has 1 N–H and O–H groups in total. The van der Waals surface area contributed by atoms with Gasteiger partial charge in [-0.3, -0.25) is 9.59 Å². The van der Waals surface area contributed by atoms with Crippen molar-refractivity contribution in [3.63, 3.8) is 0 Å². The largest absolute Gasteiger partial charge is 0.344 e. The van der Waals surface area contributed by atoms with E-state index in [2.05, 4.69) is 5.32 Å². The second-order valence-electron chi connectivity index (χ2n) is 3.75. The maximum absolute atomic E-state index is 11.7. The summed E-state index contributed by atoms with van der Waals surface area (Å²) in [6.07, 6.45) is 0.394. The van der Waals surface area contributed by atoms with E-state index in [0.717, 1.165) is 10.4 Å². The number of aryl methyl sites for hydroxylation is 2. The third-order valence-corrected chi connectivity index (χ3v) is 3.36. The first kappa shape index (κ1) is 13.4. The quantitative estimate of drug-likeness (QED) is 0.868. The van der Waals surface area contributed by atoms with Crippen LogP contribution >= 0.6 is 11.3 Å². The number of rotatable bonds is 5. The van der Waals surface area contributed by atoms with Crippen LogP contribution in [0, 0.1) is 25.2 Å². The summed E-state index contributed by atoms with van der Waals surface area (Å²) < 4.78 is 0. The zero-order chi connectivity index (χ0) is 12.8. The summed E-state index contributed by atoms with van der Waals surface area (Å²) in [5.41, 5.74) is 0.925. The first-order valence-corrected chi connectivity index (χ1v) is 6.10. The van der Waals surface area contributed by atoms with Gasteiger partial charge in [-0.1, -0.05) is 0 Å². The van der Waals surface area contributed by atoms with E-state index >= 15 is 0 Å². The molecule has 0 fully saturated rings. The number of hydrogen-bond donors (Lipinski definition) is 1. The molecule has 5 heteroatoms. The Balaban J connectivity index is 2.48. The van der Waals surface area contributed by atoms with Crippen molar-refractivity contribution in [2.75, 3.05) is 6.54 Å². The summed E-state index contributed by atoms with van der Waals surface area (Å²) in [4.78, 5) is 24.7. The molecule has 1 aromatic heterocycles. The molecule has 0 aliphatic carbocycles. The highest BCUT2D eigenvalue weighted by Crippen LogP contribution is 2.20. The van der Waals surface area contributed by atoms with E-state index in [1.54, 1.807) is 0 Å². The van der Waals surface area contributed by atoms with Gasteiger partial charge in [0.2, 0.25) is 0 Å². The van der Waals surface area contributed by atoms with Crippen molar-refractivity contribution in [3.8, 4) is 6.07 Å². The third kappa shape index (κ3) is 4.00. The van der Waals surface area contributed by atoms with Crippen molar-refractivity contribution in [3.05, 3.63) is 21.4 Å². The summed E-state index contributed by atoms with van der Waals surface area (Å²) >= 11 is 1.42. The van der Waals surface area contributed by atoms with Crippen molar-refractivity contribution >= 4 is 23.0 Å². The second kappa shape index (κ2) is 6.16. The monoisotopic (exact) mass is 250 g/mol. The lowest BCUT2D eigenvalue weighted by Crippen LogP contribution is -2.29. The molecule has 0 atom stereocenters. The van der Waals surface area contributed by atoms with Crippen LogP contribution in [0.15, 0.2) is 6.07 Å². The van der Waals surface area contributed by atoms with Gasteiger partial charge in [-0.05, 0) is 25.5 Å². The number of nitrogens with one attached hydrogen (secondary N) is 1. The van der Waals surface area contributed by atoms with E-state index in [0.29, 0.717) is 4.88 Å². The van der Waals surface area contributed by atoms with Crippen LogP contribution in [-0.2, 0) is 4.79 Å². The normalized spacial score (nSPS) is 9.71. The molecule has 1 heterocycles. The molecular formula is C12H14N2O2S. The van der Waals surface area contributed by atoms with Crippen LogP contribution in [0.5, 0.6) is 0 Å². The molecule has 0 saturated carbocycles. The van der Waals surface area contributed by atoms with Gasteiger partial charge in [0.05, 0.1) is 17.5 Å². The number of thiophene rings is 1. The molecule has 0 unspecified atom stereocenters. The zero-order valence-corrected chi connectivity index (χ0v) is 10.7. The molecule has 0 aromatic carbocycles. The predicted octanol–water partition coefficient (Wildman–Crippen LogP) is 1.97.